The summed E-state index contributed by atoms with van der Waals surface area (Å²) in [6, 6.07) is 0.0711. The number of nitrogens with one attached hydrogen (secondary N) is 1. The van der Waals surface area contributed by atoms with E-state index in [1.54, 1.807) is 18.2 Å². The summed E-state index contributed by atoms with van der Waals surface area (Å²) < 4.78 is 10.5. The van der Waals surface area contributed by atoms with Crippen molar-refractivity contribution in [3.8, 4) is 0 Å². The summed E-state index contributed by atoms with van der Waals surface area (Å²) in [4.78, 5) is 11.6. The zero-order valence-corrected chi connectivity index (χ0v) is 15.1. The second kappa shape index (κ2) is 12.7. The molecule has 25 heavy (non-hydrogen) atoms. The summed E-state index contributed by atoms with van der Waals surface area (Å²) in [5, 5.41) is 27.7. The highest BCUT2D eigenvalue weighted by atomic mass is 16.5. The van der Waals surface area contributed by atoms with Crippen LogP contribution in [0.15, 0.2) is 37.0 Å². The minimum absolute atomic E-state index is 0.0244. The highest BCUT2D eigenvalue weighted by Gasteiger charge is 2.26. The van der Waals surface area contributed by atoms with Gasteiger partial charge in [0.25, 0.3) is 0 Å². The molecule has 1 aliphatic rings. The molecule has 1 amide bonds. The third kappa shape index (κ3) is 14.4. The second-order valence-corrected chi connectivity index (χ2v) is 6.12. The summed E-state index contributed by atoms with van der Waals surface area (Å²) in [7, 11) is 0. The van der Waals surface area contributed by atoms with Gasteiger partial charge in [-0.3, -0.25) is 0 Å². The molecule has 0 spiro atoms. The lowest BCUT2D eigenvalue weighted by Gasteiger charge is -2.14. The van der Waals surface area contributed by atoms with Crippen LogP contribution in [0.3, 0.4) is 0 Å². The Morgan fingerprint density at radius 1 is 1.32 bits per heavy atom. The highest BCUT2D eigenvalue weighted by molar-refractivity contribution is 5.67. The largest absolute Gasteiger partial charge is 0.445 e. The number of amides is 1. The molecule has 7 nitrogen and oxygen atoms in total. The van der Waals surface area contributed by atoms with Crippen molar-refractivity contribution >= 4 is 6.09 Å². The van der Waals surface area contributed by atoms with E-state index in [-0.39, 0.29) is 25.4 Å². The molecule has 2 atom stereocenters. The first-order chi connectivity index (χ1) is 11.7. The fraction of sp³-hybridized carbons (Fsp3) is 0.611. The normalized spacial score (nSPS) is 20.3. The van der Waals surface area contributed by atoms with Crippen molar-refractivity contribution in [1.29, 1.82) is 0 Å². The van der Waals surface area contributed by atoms with E-state index in [0.717, 1.165) is 24.8 Å². The molecule has 4 N–H and O–H groups in total. The fourth-order valence-corrected chi connectivity index (χ4v) is 2.13. The van der Waals surface area contributed by atoms with E-state index in [1.807, 2.05) is 0 Å². The Balaban J connectivity index is 0.00000101. The van der Waals surface area contributed by atoms with Gasteiger partial charge in [-0.25, -0.2) is 4.79 Å². The lowest BCUT2D eigenvalue weighted by atomic mass is 10.2. The third-order valence-electron chi connectivity index (χ3n) is 3.12. The van der Waals surface area contributed by atoms with Crippen LogP contribution in [0, 0.1) is 0 Å². The fourth-order valence-electron chi connectivity index (χ4n) is 2.13. The average molecular weight is 357 g/mol. The molecule has 144 valence electrons. The Morgan fingerprint density at radius 3 is 2.48 bits per heavy atom. The Hall–Kier alpha value is -1.67. The predicted octanol–water partition coefficient (Wildman–Crippen LogP) is 1.65. The molecular formula is C18H31NO6. The van der Waals surface area contributed by atoms with Gasteiger partial charge in [-0.15, -0.1) is 0 Å². The molecule has 0 aliphatic heterocycles. The molecule has 1 fully saturated rings. The van der Waals surface area contributed by atoms with Crippen LogP contribution < -0.4 is 5.32 Å². The minimum atomic E-state index is -1.50. The number of carbonyl (C=O) groups is 1. The van der Waals surface area contributed by atoms with Gasteiger partial charge < -0.3 is 30.1 Å². The zero-order valence-electron chi connectivity index (χ0n) is 15.1. The molecule has 0 aromatic heterocycles. The van der Waals surface area contributed by atoms with Crippen LogP contribution in [0.4, 0.5) is 4.79 Å². The van der Waals surface area contributed by atoms with E-state index >= 15 is 0 Å². The van der Waals surface area contributed by atoms with Crippen molar-refractivity contribution < 1.29 is 29.6 Å². The maximum Gasteiger partial charge on any atom is 0.407 e. The lowest BCUT2D eigenvalue weighted by Crippen LogP contribution is -2.34. The summed E-state index contributed by atoms with van der Waals surface area (Å²) in [6.45, 7) is 10.4. The van der Waals surface area contributed by atoms with Crippen molar-refractivity contribution in [2.24, 2.45) is 0 Å². The summed E-state index contributed by atoms with van der Waals surface area (Å²) >= 11 is 0. The van der Waals surface area contributed by atoms with Crippen LogP contribution in [0.25, 0.3) is 0 Å². The van der Waals surface area contributed by atoms with E-state index in [0.29, 0.717) is 6.61 Å². The average Bonchev–Trinajstić information content (AvgIpc) is 2.95. The highest BCUT2D eigenvalue weighted by Crippen LogP contribution is 2.22. The van der Waals surface area contributed by atoms with E-state index in [2.05, 4.69) is 18.5 Å². The van der Waals surface area contributed by atoms with E-state index in [9.17, 15) is 4.79 Å². The van der Waals surface area contributed by atoms with Crippen molar-refractivity contribution in [3.63, 3.8) is 0 Å². The van der Waals surface area contributed by atoms with Gasteiger partial charge in [-0.2, -0.15) is 0 Å². The molecule has 0 heterocycles. The monoisotopic (exact) mass is 357 g/mol. The SMILES string of the molecule is C=C/C=C(\C=C)COC(=O)NC1CCC(OCCO)C1.CC(C)(O)O. The molecule has 0 saturated heterocycles. The van der Waals surface area contributed by atoms with Crippen LogP contribution in [-0.2, 0) is 9.47 Å². The predicted molar refractivity (Wildman–Crippen MR) is 95.9 cm³/mol. The molecule has 0 aromatic carbocycles. The number of aliphatic hydroxyl groups excluding tert-OH is 1. The number of hydrogen-bond acceptors (Lipinski definition) is 6. The number of hydrogen-bond donors (Lipinski definition) is 4. The summed E-state index contributed by atoms with van der Waals surface area (Å²) in [6.07, 6.45) is 7.18. The van der Waals surface area contributed by atoms with Crippen molar-refractivity contribution in [2.45, 2.75) is 51.0 Å². The first-order valence-electron chi connectivity index (χ1n) is 8.24. The van der Waals surface area contributed by atoms with Crippen molar-refractivity contribution in [3.05, 3.63) is 37.0 Å². The molecule has 1 rings (SSSR count). The van der Waals surface area contributed by atoms with Gasteiger partial charge in [0, 0.05) is 6.04 Å². The van der Waals surface area contributed by atoms with Gasteiger partial charge in [0.15, 0.2) is 5.79 Å². The Labute approximate surface area is 149 Å². The smallest absolute Gasteiger partial charge is 0.407 e. The van der Waals surface area contributed by atoms with Crippen molar-refractivity contribution in [2.75, 3.05) is 19.8 Å². The van der Waals surface area contributed by atoms with E-state index < -0.39 is 11.9 Å². The van der Waals surface area contributed by atoms with Crippen LogP contribution in [0.5, 0.6) is 0 Å². The molecule has 1 aliphatic carbocycles. The number of carbonyl (C=O) groups excluding carboxylic acids is 1. The van der Waals surface area contributed by atoms with Gasteiger partial charge >= 0.3 is 6.09 Å². The van der Waals surface area contributed by atoms with E-state index in [1.165, 1.54) is 13.8 Å². The molecule has 2 unspecified atom stereocenters. The Kier molecular flexibility index (Phi) is 11.8. The van der Waals surface area contributed by atoms with Crippen LogP contribution in [-0.4, -0.2) is 59.2 Å². The first kappa shape index (κ1) is 23.3. The first-order valence-corrected chi connectivity index (χ1v) is 8.24. The van der Waals surface area contributed by atoms with E-state index in [4.69, 9.17) is 24.8 Å². The third-order valence-corrected chi connectivity index (χ3v) is 3.12. The minimum Gasteiger partial charge on any atom is -0.445 e. The number of ether oxygens (including phenoxy) is 2. The molecule has 7 heteroatoms. The second-order valence-electron chi connectivity index (χ2n) is 6.12. The van der Waals surface area contributed by atoms with Gasteiger partial charge in [0.05, 0.1) is 19.3 Å². The molecule has 0 aromatic rings. The number of rotatable bonds is 8. The molecular weight excluding hydrogens is 326 g/mol. The van der Waals surface area contributed by atoms with Gasteiger partial charge in [0.1, 0.15) is 6.61 Å². The number of allylic oxidation sites excluding steroid dienone is 2. The zero-order chi connectivity index (χ0) is 19.3. The quantitative estimate of drug-likeness (QED) is 0.389. The maximum absolute atomic E-state index is 11.6. The topological polar surface area (TPSA) is 108 Å². The molecule has 0 bridgehead atoms. The van der Waals surface area contributed by atoms with Crippen LogP contribution in [0.2, 0.25) is 0 Å². The van der Waals surface area contributed by atoms with Crippen molar-refractivity contribution in [1.82, 2.24) is 5.32 Å². The Morgan fingerprint density at radius 2 is 1.96 bits per heavy atom. The van der Waals surface area contributed by atoms with Gasteiger partial charge in [0.2, 0.25) is 0 Å². The Bertz CT molecular complexity index is 435. The molecule has 0 radical (unpaired) electrons. The molecule has 1 saturated carbocycles. The number of alkyl carbamates (subject to hydrolysis) is 1. The summed E-state index contributed by atoms with van der Waals surface area (Å²) in [5.74, 6) is -1.50. The number of aliphatic hydroxyl groups is 3. The maximum atomic E-state index is 11.6. The van der Waals surface area contributed by atoms with Crippen LogP contribution in [0.1, 0.15) is 33.1 Å². The summed E-state index contributed by atoms with van der Waals surface area (Å²) in [5.41, 5.74) is 0.797. The van der Waals surface area contributed by atoms with Gasteiger partial charge in [-0.05, 0) is 38.7 Å². The van der Waals surface area contributed by atoms with Crippen LogP contribution >= 0.6 is 0 Å². The standard InChI is InChI=1S/C15H23NO4.C3H8O2/c1-3-5-12(4-2)11-20-15(18)16-13-6-7-14(10-13)19-9-8-17;1-3(2,4)5/h3-5,13-14,17H,1-2,6-11H2,(H,16,18);4-5H,1-2H3/b12-5+;. The lowest BCUT2D eigenvalue weighted by molar-refractivity contribution is -0.127. The van der Waals surface area contributed by atoms with Gasteiger partial charge in [-0.1, -0.05) is 31.4 Å².